The Balaban J connectivity index is 2.49. The van der Waals surface area contributed by atoms with Crippen molar-refractivity contribution in [1.82, 2.24) is 4.57 Å². The second kappa shape index (κ2) is 1.86. The van der Waals surface area contributed by atoms with E-state index in [2.05, 4.69) is 17.0 Å². The Labute approximate surface area is 60.6 Å². The highest BCUT2D eigenvalue weighted by molar-refractivity contribution is 5.31. The van der Waals surface area contributed by atoms with Crippen molar-refractivity contribution >= 4 is 0 Å². The van der Waals surface area contributed by atoms with E-state index in [1.807, 2.05) is 7.05 Å². The Kier molecular flexibility index (Phi) is 1.11. The van der Waals surface area contributed by atoms with Crippen molar-refractivity contribution in [2.24, 2.45) is 12.8 Å². The van der Waals surface area contributed by atoms with Gasteiger partial charge in [0, 0.05) is 25.5 Å². The van der Waals surface area contributed by atoms with Gasteiger partial charge in [-0.15, -0.1) is 0 Å². The van der Waals surface area contributed by atoms with Gasteiger partial charge in [0.05, 0.1) is 0 Å². The van der Waals surface area contributed by atoms with Gasteiger partial charge in [0.15, 0.2) is 0 Å². The largest absolute Gasteiger partial charge is 0.357 e. The Morgan fingerprint density at radius 3 is 3.10 bits per heavy atom. The standard InChI is InChI=1S/C8H12N2/c1-10-4-6-2-3-8(9)7(6)5-10/h4-5,8H,2-3,9H2,1H3/t8-/m1/s1. The second-order valence-corrected chi connectivity index (χ2v) is 3.05. The molecule has 0 saturated heterocycles. The van der Waals surface area contributed by atoms with Crippen molar-refractivity contribution in [2.75, 3.05) is 0 Å². The van der Waals surface area contributed by atoms with Gasteiger partial charge in [-0.2, -0.15) is 0 Å². The molecule has 54 valence electrons. The van der Waals surface area contributed by atoms with Crippen molar-refractivity contribution in [3.8, 4) is 0 Å². The lowest BCUT2D eigenvalue weighted by atomic mass is 10.2. The van der Waals surface area contributed by atoms with Crippen LogP contribution in [0.5, 0.6) is 0 Å². The lowest BCUT2D eigenvalue weighted by molar-refractivity contribution is 0.701. The molecule has 0 aromatic carbocycles. The van der Waals surface area contributed by atoms with Crippen LogP contribution in [0.25, 0.3) is 0 Å². The van der Waals surface area contributed by atoms with E-state index in [1.165, 1.54) is 11.1 Å². The van der Waals surface area contributed by atoms with E-state index in [9.17, 15) is 0 Å². The summed E-state index contributed by atoms with van der Waals surface area (Å²) >= 11 is 0. The average Bonchev–Trinajstić information content (AvgIpc) is 2.35. The van der Waals surface area contributed by atoms with Crippen LogP contribution in [0.3, 0.4) is 0 Å². The van der Waals surface area contributed by atoms with Gasteiger partial charge < -0.3 is 10.3 Å². The monoisotopic (exact) mass is 136 g/mol. The van der Waals surface area contributed by atoms with E-state index in [0.717, 1.165) is 12.8 Å². The molecule has 2 rings (SSSR count). The van der Waals surface area contributed by atoms with E-state index in [0.29, 0.717) is 6.04 Å². The van der Waals surface area contributed by atoms with Crippen LogP contribution in [0.2, 0.25) is 0 Å². The molecule has 0 unspecified atom stereocenters. The Hall–Kier alpha value is -0.760. The molecule has 10 heavy (non-hydrogen) atoms. The molecule has 0 saturated carbocycles. The number of rotatable bonds is 0. The van der Waals surface area contributed by atoms with Crippen LogP contribution in [-0.4, -0.2) is 4.57 Å². The first-order chi connectivity index (χ1) is 4.77. The number of fused-ring (bicyclic) bond motifs is 1. The number of aromatic nitrogens is 1. The minimum absolute atomic E-state index is 0.302. The van der Waals surface area contributed by atoms with Gasteiger partial charge in [-0.25, -0.2) is 0 Å². The summed E-state index contributed by atoms with van der Waals surface area (Å²) in [5.41, 5.74) is 8.64. The molecule has 1 aromatic rings. The first-order valence-corrected chi connectivity index (χ1v) is 3.67. The molecule has 0 bridgehead atoms. The maximum absolute atomic E-state index is 5.85. The minimum Gasteiger partial charge on any atom is -0.357 e. The lowest BCUT2D eigenvalue weighted by Crippen LogP contribution is -2.04. The fraction of sp³-hybridized carbons (Fsp3) is 0.500. The second-order valence-electron chi connectivity index (χ2n) is 3.05. The van der Waals surface area contributed by atoms with Crippen LogP contribution in [0.15, 0.2) is 12.4 Å². The van der Waals surface area contributed by atoms with Crippen LogP contribution in [0.1, 0.15) is 23.6 Å². The van der Waals surface area contributed by atoms with Crippen molar-refractivity contribution in [3.63, 3.8) is 0 Å². The number of aryl methyl sites for hydroxylation is 2. The Bertz CT molecular complexity index is 250. The number of nitrogens with two attached hydrogens (primary N) is 1. The third kappa shape index (κ3) is 0.688. The lowest BCUT2D eigenvalue weighted by Gasteiger charge is -1.98. The molecule has 2 nitrogen and oxygen atoms in total. The molecule has 0 amide bonds. The summed E-state index contributed by atoms with van der Waals surface area (Å²) in [6, 6.07) is 0.302. The highest BCUT2D eigenvalue weighted by atomic mass is 14.9. The third-order valence-electron chi connectivity index (χ3n) is 2.20. The maximum Gasteiger partial charge on any atom is 0.0315 e. The molecule has 1 aromatic heterocycles. The molecule has 1 aliphatic carbocycles. The van der Waals surface area contributed by atoms with E-state index < -0.39 is 0 Å². The molecule has 1 atom stereocenters. The van der Waals surface area contributed by atoms with Crippen molar-refractivity contribution < 1.29 is 0 Å². The third-order valence-corrected chi connectivity index (χ3v) is 2.20. The predicted octanol–water partition coefficient (Wildman–Crippen LogP) is 0.971. The zero-order chi connectivity index (χ0) is 7.14. The van der Waals surface area contributed by atoms with Gasteiger partial charge in [0.2, 0.25) is 0 Å². The average molecular weight is 136 g/mol. The summed E-state index contributed by atoms with van der Waals surface area (Å²) in [6.45, 7) is 0. The van der Waals surface area contributed by atoms with Gasteiger partial charge in [0.1, 0.15) is 0 Å². The summed E-state index contributed by atoms with van der Waals surface area (Å²) in [5, 5.41) is 0. The molecule has 0 aliphatic heterocycles. The number of hydrogen-bond donors (Lipinski definition) is 1. The molecule has 1 heterocycles. The molecule has 0 fully saturated rings. The topological polar surface area (TPSA) is 30.9 Å². The van der Waals surface area contributed by atoms with Crippen molar-refractivity contribution in [1.29, 1.82) is 0 Å². The fourth-order valence-corrected chi connectivity index (χ4v) is 1.67. The minimum atomic E-state index is 0.302. The quantitative estimate of drug-likeness (QED) is 0.566. The summed E-state index contributed by atoms with van der Waals surface area (Å²) in [5.74, 6) is 0. The van der Waals surface area contributed by atoms with Crippen LogP contribution in [-0.2, 0) is 13.5 Å². The maximum atomic E-state index is 5.85. The van der Waals surface area contributed by atoms with E-state index in [1.54, 1.807) is 0 Å². The molecule has 2 N–H and O–H groups in total. The van der Waals surface area contributed by atoms with Crippen molar-refractivity contribution in [3.05, 3.63) is 23.5 Å². The predicted molar refractivity (Wildman–Crippen MR) is 40.7 cm³/mol. The zero-order valence-corrected chi connectivity index (χ0v) is 6.17. The van der Waals surface area contributed by atoms with Gasteiger partial charge in [-0.1, -0.05) is 0 Å². The van der Waals surface area contributed by atoms with Crippen LogP contribution in [0, 0.1) is 0 Å². The molecule has 0 spiro atoms. The number of hydrogen-bond acceptors (Lipinski definition) is 1. The zero-order valence-electron chi connectivity index (χ0n) is 6.17. The first-order valence-electron chi connectivity index (χ1n) is 3.67. The summed E-state index contributed by atoms with van der Waals surface area (Å²) in [7, 11) is 2.05. The smallest absolute Gasteiger partial charge is 0.0315 e. The van der Waals surface area contributed by atoms with E-state index >= 15 is 0 Å². The van der Waals surface area contributed by atoms with Crippen LogP contribution in [0.4, 0.5) is 0 Å². The fourth-order valence-electron chi connectivity index (χ4n) is 1.67. The van der Waals surface area contributed by atoms with Crippen molar-refractivity contribution in [2.45, 2.75) is 18.9 Å². The molecule has 2 heteroatoms. The van der Waals surface area contributed by atoms with Crippen LogP contribution >= 0.6 is 0 Å². The molecular formula is C8H12N2. The summed E-state index contributed by atoms with van der Waals surface area (Å²) < 4.78 is 2.09. The van der Waals surface area contributed by atoms with Gasteiger partial charge in [-0.3, -0.25) is 0 Å². The molecule has 0 radical (unpaired) electrons. The number of nitrogens with zero attached hydrogens (tertiary/aromatic N) is 1. The summed E-state index contributed by atoms with van der Waals surface area (Å²) in [4.78, 5) is 0. The van der Waals surface area contributed by atoms with Gasteiger partial charge in [-0.05, 0) is 24.0 Å². The molecule has 1 aliphatic rings. The normalized spacial score (nSPS) is 23.2. The Morgan fingerprint density at radius 1 is 1.60 bits per heavy atom. The summed E-state index contributed by atoms with van der Waals surface area (Å²) in [6.07, 6.45) is 6.60. The van der Waals surface area contributed by atoms with E-state index in [-0.39, 0.29) is 0 Å². The highest BCUT2D eigenvalue weighted by Gasteiger charge is 2.19. The van der Waals surface area contributed by atoms with E-state index in [4.69, 9.17) is 5.73 Å². The Morgan fingerprint density at radius 2 is 2.40 bits per heavy atom. The highest BCUT2D eigenvalue weighted by Crippen LogP contribution is 2.29. The van der Waals surface area contributed by atoms with Gasteiger partial charge in [0.25, 0.3) is 0 Å². The first kappa shape index (κ1) is 5.98. The van der Waals surface area contributed by atoms with Gasteiger partial charge >= 0.3 is 0 Å². The molecular weight excluding hydrogens is 124 g/mol. The SMILES string of the molecule is Cn1cc2c(c1)[C@H](N)CC2. The van der Waals surface area contributed by atoms with Crippen LogP contribution < -0.4 is 5.73 Å².